The van der Waals surface area contributed by atoms with Crippen molar-refractivity contribution in [2.75, 3.05) is 45.5 Å². The van der Waals surface area contributed by atoms with E-state index in [4.69, 9.17) is 35.3 Å². The molecule has 2 fully saturated rings. The largest absolute Gasteiger partial charge is 0.497 e. The number of alkyl halides is 2. The quantitative estimate of drug-likeness (QED) is 0.512. The number of hydrogen-bond acceptors (Lipinski definition) is 9. The molecule has 0 spiro atoms. The van der Waals surface area contributed by atoms with Gasteiger partial charge in [0, 0.05) is 25.1 Å². The van der Waals surface area contributed by atoms with Crippen LogP contribution in [0.2, 0.25) is 5.02 Å². The van der Waals surface area contributed by atoms with Crippen LogP contribution in [-0.2, 0) is 4.74 Å². The molecule has 0 saturated carbocycles. The molecule has 1 atom stereocenters. The molecule has 4 heterocycles. The van der Waals surface area contributed by atoms with E-state index in [0.717, 1.165) is 0 Å². The van der Waals surface area contributed by atoms with Crippen LogP contribution >= 0.6 is 11.6 Å². The smallest absolute Gasteiger partial charge is 0.296 e. The molecule has 3 aromatic rings. The maximum Gasteiger partial charge on any atom is 0.296 e. The van der Waals surface area contributed by atoms with E-state index < -0.39 is 18.6 Å². The van der Waals surface area contributed by atoms with Crippen LogP contribution in [0.25, 0.3) is 10.9 Å². The number of hydrogen-bond donors (Lipinski definition) is 1. The average Bonchev–Trinajstić information content (AvgIpc) is 3.30. The van der Waals surface area contributed by atoms with Crippen molar-refractivity contribution in [1.82, 2.24) is 14.9 Å². The Morgan fingerprint density at radius 1 is 1.19 bits per heavy atom. The molecule has 3 aliphatic heterocycles. The zero-order valence-electron chi connectivity index (χ0n) is 19.3. The van der Waals surface area contributed by atoms with Gasteiger partial charge in [0.25, 0.3) is 5.92 Å². The third kappa shape index (κ3) is 4.10. The molecule has 36 heavy (non-hydrogen) atoms. The molecule has 6 rings (SSSR count). The molecule has 2 saturated heterocycles. The Bertz CT molecular complexity index is 1310. The number of anilines is 2. The van der Waals surface area contributed by atoms with Crippen molar-refractivity contribution >= 4 is 34.0 Å². The first-order valence-corrected chi connectivity index (χ1v) is 11.8. The van der Waals surface area contributed by atoms with Gasteiger partial charge in [0.05, 0.1) is 48.8 Å². The number of methoxy groups -OCH3 is 1. The Kier molecular flexibility index (Phi) is 5.85. The van der Waals surface area contributed by atoms with Gasteiger partial charge in [-0.2, -0.15) is 0 Å². The number of fused-ring (bicyclic) bond motifs is 2. The second kappa shape index (κ2) is 9.06. The third-order valence-corrected chi connectivity index (χ3v) is 6.93. The second-order valence-electron chi connectivity index (χ2n) is 8.84. The first-order chi connectivity index (χ1) is 17.4. The van der Waals surface area contributed by atoms with Crippen molar-refractivity contribution in [3.8, 4) is 23.0 Å². The number of likely N-dealkylation sites (tertiary alicyclic amines) is 1. The van der Waals surface area contributed by atoms with Gasteiger partial charge in [-0.3, -0.25) is 4.90 Å². The number of aromatic nitrogens is 2. The maximum atomic E-state index is 15.2. The molecule has 1 unspecified atom stereocenters. The third-order valence-electron chi connectivity index (χ3n) is 6.61. The molecule has 1 aromatic heterocycles. The summed E-state index contributed by atoms with van der Waals surface area (Å²) in [6.45, 7) is 1.12. The summed E-state index contributed by atoms with van der Waals surface area (Å²) in [4.78, 5) is 10.4. The minimum Gasteiger partial charge on any atom is -0.497 e. The van der Waals surface area contributed by atoms with Gasteiger partial charge in [0.1, 0.15) is 29.3 Å². The summed E-state index contributed by atoms with van der Waals surface area (Å²) in [7, 11) is 1.49. The van der Waals surface area contributed by atoms with Gasteiger partial charge in [0.15, 0.2) is 17.6 Å². The maximum absolute atomic E-state index is 15.2. The molecule has 0 amide bonds. The minimum atomic E-state index is -3.07. The van der Waals surface area contributed by atoms with Crippen molar-refractivity contribution in [3.05, 3.63) is 35.6 Å². The highest BCUT2D eigenvalue weighted by Gasteiger charge is 2.49. The Balaban J connectivity index is 1.37. The normalized spacial score (nSPS) is 21.3. The van der Waals surface area contributed by atoms with Crippen LogP contribution in [0.3, 0.4) is 0 Å². The molecule has 0 aliphatic carbocycles. The monoisotopic (exact) mass is 520 g/mol. The lowest BCUT2D eigenvalue weighted by atomic mass is 10.0. The second-order valence-corrected chi connectivity index (χ2v) is 9.25. The van der Waals surface area contributed by atoms with Crippen LogP contribution in [0, 0.1) is 0 Å². The minimum absolute atomic E-state index is 0.0298. The van der Waals surface area contributed by atoms with Gasteiger partial charge in [0.2, 0.25) is 6.79 Å². The van der Waals surface area contributed by atoms with Crippen molar-refractivity contribution in [1.29, 1.82) is 0 Å². The topological polar surface area (TPSA) is 87.2 Å². The van der Waals surface area contributed by atoms with Crippen LogP contribution in [0.1, 0.15) is 6.42 Å². The summed E-state index contributed by atoms with van der Waals surface area (Å²) in [5.41, 5.74) is 0.893. The van der Waals surface area contributed by atoms with Crippen LogP contribution in [-0.4, -0.2) is 73.1 Å². The van der Waals surface area contributed by atoms with Crippen LogP contribution in [0.5, 0.6) is 23.0 Å². The van der Waals surface area contributed by atoms with Crippen molar-refractivity contribution in [2.24, 2.45) is 0 Å². The first kappa shape index (κ1) is 23.3. The SMILES string of the molecule is COc1cc(OC2CCN(C3COC3)CC2(F)F)c2c(Nc3c(Cl)ccc4c3OCO4)ncnc2c1. The number of rotatable bonds is 6. The lowest BCUT2D eigenvalue weighted by Gasteiger charge is -2.44. The summed E-state index contributed by atoms with van der Waals surface area (Å²) < 4.78 is 58.0. The van der Waals surface area contributed by atoms with Crippen LogP contribution < -0.4 is 24.3 Å². The highest BCUT2D eigenvalue weighted by atomic mass is 35.5. The lowest BCUT2D eigenvalue weighted by Crippen LogP contribution is -2.60. The molecule has 3 aliphatic rings. The van der Waals surface area contributed by atoms with E-state index in [0.29, 0.717) is 64.4 Å². The summed E-state index contributed by atoms with van der Waals surface area (Å²) in [5, 5.41) is 3.96. The zero-order valence-corrected chi connectivity index (χ0v) is 20.1. The van der Waals surface area contributed by atoms with E-state index in [2.05, 4.69) is 15.3 Å². The standard InChI is InChI=1S/C24H23ClF2N4O5/c1-32-14-6-16-20(18(7-14)36-19-4-5-31(10-24(19,26)27)13-8-33-9-13)23(29-11-28-16)30-21-15(25)2-3-17-22(21)35-12-34-17/h2-3,6-7,11,13,19H,4-5,8-10,12H2,1H3,(H,28,29,30). The fourth-order valence-electron chi connectivity index (χ4n) is 4.61. The summed E-state index contributed by atoms with van der Waals surface area (Å²) in [6.07, 6.45) is 0.178. The highest BCUT2D eigenvalue weighted by Crippen LogP contribution is 2.46. The molecule has 12 heteroatoms. The Morgan fingerprint density at radius 2 is 2.06 bits per heavy atom. The van der Waals surface area contributed by atoms with E-state index in [9.17, 15) is 0 Å². The van der Waals surface area contributed by atoms with Gasteiger partial charge in [-0.05, 0) is 12.1 Å². The van der Waals surface area contributed by atoms with Crippen molar-refractivity contribution in [3.63, 3.8) is 0 Å². The Labute approximate surface area is 210 Å². The molecule has 9 nitrogen and oxygen atoms in total. The van der Waals surface area contributed by atoms with E-state index in [-0.39, 0.29) is 25.0 Å². The average molecular weight is 521 g/mol. The van der Waals surface area contributed by atoms with Gasteiger partial charge < -0.3 is 29.0 Å². The highest BCUT2D eigenvalue weighted by molar-refractivity contribution is 6.34. The van der Waals surface area contributed by atoms with E-state index >= 15 is 8.78 Å². The fourth-order valence-corrected chi connectivity index (χ4v) is 4.80. The molecule has 1 N–H and O–H groups in total. The summed E-state index contributed by atoms with van der Waals surface area (Å²) in [5.74, 6) is -1.19. The summed E-state index contributed by atoms with van der Waals surface area (Å²) in [6, 6.07) is 6.65. The number of nitrogens with one attached hydrogen (secondary N) is 1. The number of ether oxygens (including phenoxy) is 5. The number of halogens is 3. The van der Waals surface area contributed by atoms with Gasteiger partial charge in [-0.15, -0.1) is 0 Å². The molecule has 0 bridgehead atoms. The number of piperidine rings is 1. The van der Waals surface area contributed by atoms with Gasteiger partial charge in [-0.25, -0.2) is 18.7 Å². The summed E-state index contributed by atoms with van der Waals surface area (Å²) >= 11 is 6.44. The van der Waals surface area contributed by atoms with Crippen molar-refractivity contribution in [2.45, 2.75) is 24.5 Å². The molecule has 2 aromatic carbocycles. The zero-order chi connectivity index (χ0) is 24.9. The molecular formula is C24H23ClF2N4O5. The predicted molar refractivity (Wildman–Crippen MR) is 127 cm³/mol. The molecule has 190 valence electrons. The lowest BCUT2D eigenvalue weighted by molar-refractivity contribution is -0.169. The number of nitrogens with zero attached hydrogens (tertiary/aromatic N) is 3. The van der Waals surface area contributed by atoms with Crippen LogP contribution in [0.15, 0.2) is 30.6 Å². The Hall–Kier alpha value is -3.15. The van der Waals surface area contributed by atoms with Crippen molar-refractivity contribution < 1.29 is 32.5 Å². The van der Waals surface area contributed by atoms with E-state index in [1.165, 1.54) is 13.4 Å². The fraction of sp³-hybridized carbons (Fsp3) is 0.417. The number of benzene rings is 2. The predicted octanol–water partition coefficient (Wildman–Crippen LogP) is 4.25. The Morgan fingerprint density at radius 3 is 2.81 bits per heavy atom. The van der Waals surface area contributed by atoms with Gasteiger partial charge in [-0.1, -0.05) is 11.6 Å². The van der Waals surface area contributed by atoms with Crippen LogP contribution in [0.4, 0.5) is 20.3 Å². The molecule has 0 radical (unpaired) electrons. The van der Waals surface area contributed by atoms with E-state index in [1.807, 2.05) is 0 Å². The van der Waals surface area contributed by atoms with E-state index in [1.54, 1.807) is 29.2 Å². The first-order valence-electron chi connectivity index (χ1n) is 11.5. The van der Waals surface area contributed by atoms with Gasteiger partial charge >= 0.3 is 0 Å². The molecular weight excluding hydrogens is 498 g/mol.